The van der Waals surface area contributed by atoms with E-state index in [9.17, 15) is 8.42 Å². The maximum Gasteiger partial charge on any atom is 0.215 e. The molecule has 20 heavy (non-hydrogen) atoms. The molecule has 0 saturated heterocycles. The molecular formula is C14H21N3O2S. The van der Waals surface area contributed by atoms with Crippen molar-refractivity contribution in [1.82, 2.24) is 14.6 Å². The number of aromatic amines is 1. The van der Waals surface area contributed by atoms with E-state index in [0.717, 1.165) is 6.20 Å². The number of rotatable bonds is 6. The van der Waals surface area contributed by atoms with Gasteiger partial charge < -0.3 is 9.88 Å². The third kappa shape index (κ3) is 3.59. The summed E-state index contributed by atoms with van der Waals surface area (Å²) in [6.45, 7) is -14.2. The van der Waals surface area contributed by atoms with Gasteiger partial charge in [0.05, 0.1) is 9.87 Å². The van der Waals surface area contributed by atoms with Gasteiger partial charge in [-0.25, -0.2) is 13.1 Å². The zero-order valence-corrected chi connectivity index (χ0v) is 10.8. The molecule has 0 radical (unpaired) electrons. The van der Waals surface area contributed by atoms with E-state index in [4.69, 9.17) is 21.9 Å². The summed E-state index contributed by atoms with van der Waals surface area (Å²) in [5.74, 6) is -1.28. The number of fused-ring (bicyclic) bond motifs is 1. The van der Waals surface area contributed by atoms with Crippen LogP contribution in [0.15, 0.2) is 24.3 Å². The Morgan fingerprint density at radius 1 is 1.50 bits per heavy atom. The van der Waals surface area contributed by atoms with Gasteiger partial charge in [0.15, 0.2) is 0 Å². The fraction of sp³-hybridized carbons (Fsp3) is 0.429. The number of hydrogen-bond acceptors (Lipinski definition) is 3. The minimum absolute atomic E-state index is 0.404. The van der Waals surface area contributed by atoms with Gasteiger partial charge in [-0.3, -0.25) is 0 Å². The number of sulfonamides is 1. The van der Waals surface area contributed by atoms with Crippen LogP contribution in [0, 0.1) is 0 Å². The molecule has 0 aliphatic rings. The van der Waals surface area contributed by atoms with E-state index >= 15 is 0 Å². The van der Waals surface area contributed by atoms with Crippen LogP contribution in [0.3, 0.4) is 0 Å². The minimum atomic E-state index is -4.71. The second-order valence-corrected chi connectivity index (χ2v) is 5.46. The molecule has 0 aliphatic carbocycles. The fourth-order valence-electron chi connectivity index (χ4n) is 1.48. The maximum atomic E-state index is 12.3. The number of aryl methyl sites for hydroxylation is 1. The number of likely N-dealkylation sites (N-methyl/N-ethyl adjacent to an activating group) is 1. The van der Waals surface area contributed by atoms with Gasteiger partial charge in [-0.1, -0.05) is 6.04 Å². The molecule has 6 heteroatoms. The fourth-order valence-corrected chi connectivity index (χ4v) is 2.08. The van der Waals surface area contributed by atoms with Crippen molar-refractivity contribution in [3.8, 4) is 0 Å². The first-order chi connectivity index (χ1) is 15.8. The smallest absolute Gasteiger partial charge is 0.215 e. The number of nitrogens with zero attached hydrogens (tertiary/aromatic N) is 1. The Labute approximate surface area is 142 Å². The topological polar surface area (TPSA) is 65.2 Å². The van der Waals surface area contributed by atoms with E-state index in [1.807, 2.05) is 0 Å². The predicted octanol–water partition coefficient (Wildman–Crippen LogP) is 1.32. The Balaban J connectivity index is 2.84. The summed E-state index contributed by atoms with van der Waals surface area (Å²) < 4.78 is 150. The summed E-state index contributed by atoms with van der Waals surface area (Å²) in [5, 5.41) is -0.611. The molecule has 2 N–H and O–H groups in total. The Morgan fingerprint density at radius 3 is 3.10 bits per heavy atom. The first kappa shape index (κ1) is 4.56. The SMILES string of the molecule is [2H]c1c(CS(=O)(=O)NC([2H])([2H])[2H])c([2H])c2c(C([2H])([2H])C([2H])([2H])N(C([2H])([2H])[2H])C([2H])([2H])[2H])c[nH]c2c1[2H]. The van der Waals surface area contributed by atoms with Crippen LogP contribution < -0.4 is 4.72 Å². The zero-order chi connectivity index (χ0) is 28.4. The van der Waals surface area contributed by atoms with Gasteiger partial charge in [0.1, 0.15) is 0 Å². The van der Waals surface area contributed by atoms with E-state index in [2.05, 4.69) is 4.98 Å². The van der Waals surface area contributed by atoms with Gasteiger partial charge in [0, 0.05) is 41.4 Å². The van der Waals surface area contributed by atoms with Crippen LogP contribution in [0.25, 0.3) is 10.9 Å². The third-order valence-electron chi connectivity index (χ3n) is 2.29. The summed E-state index contributed by atoms with van der Waals surface area (Å²) in [7, 11) is -4.71. The Bertz CT molecular complexity index is 1240. The van der Waals surface area contributed by atoms with Crippen LogP contribution >= 0.6 is 0 Å². The van der Waals surface area contributed by atoms with Crippen LogP contribution in [0.5, 0.6) is 0 Å². The second kappa shape index (κ2) is 5.95. The standard InChI is InChI=1S/C14H21N3O2S/c1-15-20(18,19)10-11-4-5-14-13(8-11)12(9-16-14)6-7-17(2)3/h4-5,8-9,15-16H,6-7,10H2,1-3H3/i1D3,2D3,3D3,4D,5D,6D2,7D2,8D. The molecule has 0 fully saturated rings. The Hall–Kier alpha value is -1.37. The van der Waals surface area contributed by atoms with Crippen LogP contribution in [0.1, 0.15) is 33.1 Å². The van der Waals surface area contributed by atoms with Gasteiger partial charge >= 0.3 is 0 Å². The third-order valence-corrected chi connectivity index (χ3v) is 3.27. The van der Waals surface area contributed by atoms with E-state index in [-0.39, 0.29) is 0 Å². The van der Waals surface area contributed by atoms with Gasteiger partial charge in [0.2, 0.25) is 10.0 Å². The molecule has 2 aromatic rings. The molecule has 0 atom stereocenters. The van der Waals surface area contributed by atoms with Crippen molar-refractivity contribution >= 4 is 20.9 Å². The molecule has 5 nitrogen and oxygen atoms in total. The van der Waals surface area contributed by atoms with Crippen LogP contribution in [-0.2, 0) is 22.1 Å². The van der Waals surface area contributed by atoms with Gasteiger partial charge in [0.25, 0.3) is 0 Å². The molecule has 0 saturated carbocycles. The highest BCUT2D eigenvalue weighted by molar-refractivity contribution is 7.88. The Morgan fingerprint density at radius 2 is 2.35 bits per heavy atom. The highest BCUT2D eigenvalue weighted by atomic mass is 32.2. The molecule has 1 aromatic carbocycles. The van der Waals surface area contributed by atoms with Gasteiger partial charge in [-0.05, 0) is 50.5 Å². The largest absolute Gasteiger partial charge is 0.361 e. The summed E-state index contributed by atoms with van der Waals surface area (Å²) >= 11 is 0. The number of nitrogens with one attached hydrogen (secondary N) is 2. The van der Waals surface area contributed by atoms with Crippen LogP contribution in [0.4, 0.5) is 0 Å². The average molecular weight is 312 g/mol. The molecule has 2 rings (SSSR count). The van der Waals surface area contributed by atoms with Gasteiger partial charge in [-0.2, -0.15) is 0 Å². The number of H-pyrrole nitrogens is 1. The van der Waals surface area contributed by atoms with Crippen LogP contribution in [0.2, 0.25) is 0 Å². The Kier molecular flexibility index (Phi) is 1.36. The van der Waals surface area contributed by atoms with Crippen molar-refractivity contribution in [3.05, 3.63) is 35.5 Å². The zero-order valence-electron chi connectivity index (χ0n) is 26.0. The minimum Gasteiger partial charge on any atom is -0.361 e. The van der Waals surface area contributed by atoms with E-state index in [0.29, 0.717) is 0 Å². The predicted molar refractivity (Wildman–Crippen MR) is 82.2 cm³/mol. The van der Waals surface area contributed by atoms with Crippen molar-refractivity contribution in [3.63, 3.8) is 0 Å². The normalized spacial score (nSPS) is 27.4. The molecule has 1 heterocycles. The number of benzene rings is 1. The molecule has 0 aliphatic heterocycles. The first-order valence-corrected chi connectivity index (χ1v) is 6.83. The van der Waals surface area contributed by atoms with Crippen molar-refractivity contribution in [2.24, 2.45) is 0 Å². The lowest BCUT2D eigenvalue weighted by molar-refractivity contribution is 0.414. The maximum absolute atomic E-state index is 12.3. The van der Waals surface area contributed by atoms with E-state index < -0.39 is 94.6 Å². The lowest BCUT2D eigenvalue weighted by atomic mass is 10.1. The van der Waals surface area contributed by atoms with E-state index in [1.54, 1.807) is 0 Å². The second-order valence-electron chi connectivity index (χ2n) is 3.74. The summed E-state index contributed by atoms with van der Waals surface area (Å²) in [6, 6.07) is -2.44. The van der Waals surface area contributed by atoms with Crippen LogP contribution in [-0.4, -0.2) is 45.7 Å². The molecule has 0 spiro atoms. The molecule has 0 bridgehead atoms. The number of hydrogen-bond donors (Lipinski definition) is 2. The highest BCUT2D eigenvalue weighted by Gasteiger charge is 2.11. The van der Waals surface area contributed by atoms with Crippen molar-refractivity contribution in [1.29, 1.82) is 0 Å². The average Bonchev–Trinajstić information content (AvgIpc) is 3.04. The van der Waals surface area contributed by atoms with Crippen molar-refractivity contribution < 1.29 is 30.3 Å². The molecule has 0 amide bonds. The molecule has 0 unspecified atom stereocenters. The summed E-state index contributed by atoms with van der Waals surface area (Å²) in [4.78, 5) is 1.75. The highest BCUT2D eigenvalue weighted by Crippen LogP contribution is 2.21. The molecular weight excluding hydrogens is 274 g/mol. The quantitative estimate of drug-likeness (QED) is 0.845. The first-order valence-electron chi connectivity index (χ1n) is 13.2. The van der Waals surface area contributed by atoms with Gasteiger partial charge in [-0.15, -0.1) is 0 Å². The van der Waals surface area contributed by atoms with Crippen molar-refractivity contribution in [2.45, 2.75) is 12.1 Å². The number of aromatic nitrogens is 1. The summed E-state index contributed by atoms with van der Waals surface area (Å²) in [6.07, 6.45) is -2.74. The summed E-state index contributed by atoms with van der Waals surface area (Å²) in [5.41, 5.74) is -1.94. The monoisotopic (exact) mass is 311 g/mol. The lowest BCUT2D eigenvalue weighted by Gasteiger charge is -2.08. The lowest BCUT2D eigenvalue weighted by Crippen LogP contribution is -2.20. The molecule has 1 aromatic heterocycles. The van der Waals surface area contributed by atoms with E-state index in [1.165, 1.54) is 4.72 Å². The van der Waals surface area contributed by atoms with Crippen molar-refractivity contribution in [2.75, 3.05) is 27.4 Å². The molecule has 110 valence electrons.